The number of likely N-dealkylation sites (tertiary alicyclic amines) is 2. The van der Waals surface area contributed by atoms with Crippen LogP contribution in [0, 0.1) is 5.41 Å². The van der Waals surface area contributed by atoms with Crippen LogP contribution in [0.3, 0.4) is 0 Å². The Morgan fingerprint density at radius 2 is 1.28 bits per heavy atom. The summed E-state index contributed by atoms with van der Waals surface area (Å²) in [6.07, 6.45) is 1.37. The molecular formula is C53H72N6O19S3. The van der Waals surface area contributed by atoms with Crippen LogP contribution in [-0.2, 0) is 97.2 Å². The van der Waals surface area contributed by atoms with Gasteiger partial charge in [0, 0.05) is 76.1 Å². The molecule has 0 bridgehead atoms. The number of carbonyl (C=O) groups is 14. The van der Waals surface area contributed by atoms with Gasteiger partial charge in [-0.15, -0.1) is 11.8 Å². The molecule has 0 saturated carbocycles. The SMILES string of the molecule is CC(=O)C1(C(=O)CCN2C(=O)CC(SCCC(=O)N[C@H](CCCCNC(=O)COCC(=O)Nc3ccc(CCC(=O)N4CCC4=O)cc3)C(=O)NCCOCCOCCOCCOCCC(=O)C(C(C)=O)(C(C)=O)C(C)=O)C2=O)SS1. The minimum absolute atomic E-state index is 0.0892. The summed E-state index contributed by atoms with van der Waals surface area (Å²) in [5.74, 6) is -7.04. The summed E-state index contributed by atoms with van der Waals surface area (Å²) in [5.41, 5.74) is -0.961. The maximum Gasteiger partial charge on any atom is 0.250 e. The maximum absolute atomic E-state index is 13.4. The van der Waals surface area contributed by atoms with Crippen molar-refractivity contribution >= 4 is 121 Å². The second-order valence-corrected chi connectivity index (χ2v) is 23.1. The van der Waals surface area contributed by atoms with Gasteiger partial charge in [-0.25, -0.2) is 0 Å². The Hall–Kier alpha value is -5.75. The first-order valence-corrected chi connectivity index (χ1v) is 29.7. The topological polar surface area (TPSA) is 340 Å². The molecule has 4 N–H and O–H groups in total. The molecule has 0 spiro atoms. The van der Waals surface area contributed by atoms with Crippen LogP contribution in [-0.4, -0.2) is 205 Å². The van der Waals surface area contributed by atoms with Gasteiger partial charge in [0.1, 0.15) is 19.3 Å². The van der Waals surface area contributed by atoms with E-state index in [1.807, 2.05) is 0 Å². The predicted molar refractivity (Wildman–Crippen MR) is 295 cm³/mol. The Balaban J connectivity index is 1.11. The molecule has 25 nitrogen and oxygen atoms in total. The lowest BCUT2D eigenvalue weighted by Gasteiger charge is -2.28. The van der Waals surface area contributed by atoms with Gasteiger partial charge < -0.3 is 45.0 Å². The van der Waals surface area contributed by atoms with Crippen LogP contribution < -0.4 is 21.3 Å². The van der Waals surface area contributed by atoms with E-state index in [4.69, 9.17) is 23.7 Å². The molecule has 0 aromatic heterocycles. The molecule has 3 fully saturated rings. The van der Waals surface area contributed by atoms with Gasteiger partial charge in [-0.1, -0.05) is 33.7 Å². The van der Waals surface area contributed by atoms with Crippen molar-refractivity contribution in [1.82, 2.24) is 25.8 Å². The summed E-state index contributed by atoms with van der Waals surface area (Å²) in [7, 11) is 2.30. The molecule has 8 amide bonds. The number of nitrogens with one attached hydrogen (secondary N) is 4. The quantitative estimate of drug-likeness (QED) is 0.0176. The number of nitrogens with zero attached hydrogens (tertiary/aromatic N) is 2. The Labute approximate surface area is 481 Å². The first-order chi connectivity index (χ1) is 38.6. The highest BCUT2D eigenvalue weighted by Crippen LogP contribution is 2.66. The van der Waals surface area contributed by atoms with E-state index < -0.39 is 92.6 Å². The number of thioether (sulfide) groups is 1. The van der Waals surface area contributed by atoms with E-state index in [1.54, 1.807) is 24.3 Å². The highest BCUT2D eigenvalue weighted by molar-refractivity contribution is 8.94. The van der Waals surface area contributed by atoms with Crippen LogP contribution in [0.25, 0.3) is 0 Å². The number of β-lactam (4-membered cyclic amide) rings is 1. The number of hydrogen-bond acceptors (Lipinski definition) is 22. The summed E-state index contributed by atoms with van der Waals surface area (Å²) < 4.78 is 25.9. The number of carbonyl (C=O) groups excluding carboxylic acids is 14. The molecule has 81 heavy (non-hydrogen) atoms. The van der Waals surface area contributed by atoms with Crippen molar-refractivity contribution in [3.63, 3.8) is 0 Å². The first-order valence-electron chi connectivity index (χ1n) is 26.5. The number of hydrogen-bond donors (Lipinski definition) is 4. The molecule has 3 aliphatic rings. The van der Waals surface area contributed by atoms with Crippen molar-refractivity contribution in [3.05, 3.63) is 29.8 Å². The molecule has 0 radical (unpaired) electrons. The largest absolute Gasteiger partial charge is 0.379 e. The molecule has 0 aliphatic carbocycles. The number of aryl methyl sites for hydroxylation is 1. The van der Waals surface area contributed by atoms with Crippen molar-refractivity contribution < 1.29 is 90.8 Å². The van der Waals surface area contributed by atoms with Crippen LogP contribution in [0.1, 0.15) is 91.0 Å². The van der Waals surface area contributed by atoms with Crippen molar-refractivity contribution in [1.29, 1.82) is 0 Å². The average molecular weight is 1190 g/mol. The number of imide groups is 2. The Morgan fingerprint density at radius 3 is 1.85 bits per heavy atom. The van der Waals surface area contributed by atoms with Gasteiger partial charge in [-0.05, 0) is 71.1 Å². The normalized spacial score (nSPS) is 15.8. The van der Waals surface area contributed by atoms with E-state index in [0.29, 0.717) is 37.9 Å². The number of amides is 8. The van der Waals surface area contributed by atoms with Gasteiger partial charge >= 0.3 is 0 Å². The molecule has 446 valence electrons. The Bertz CT molecular complexity index is 2440. The maximum atomic E-state index is 13.4. The Kier molecular flexibility index (Phi) is 29.0. The third-order valence-corrected chi connectivity index (χ3v) is 17.2. The second-order valence-electron chi connectivity index (χ2n) is 18.9. The molecule has 28 heteroatoms. The second kappa shape index (κ2) is 34.6. The molecule has 3 heterocycles. The van der Waals surface area contributed by atoms with Crippen molar-refractivity contribution in [2.75, 3.05) is 103 Å². The number of benzene rings is 1. The average Bonchev–Trinajstić information content (AvgIpc) is 4.28. The summed E-state index contributed by atoms with van der Waals surface area (Å²) >= 11 is 1.11. The van der Waals surface area contributed by atoms with Crippen molar-refractivity contribution in [3.8, 4) is 0 Å². The highest BCUT2D eigenvalue weighted by atomic mass is 33.2. The first kappa shape index (κ1) is 67.8. The van der Waals surface area contributed by atoms with Gasteiger partial charge in [-0.2, -0.15) is 0 Å². The van der Waals surface area contributed by atoms with E-state index in [0.717, 1.165) is 64.6 Å². The number of ether oxygens (including phenoxy) is 5. The molecule has 2 atom stereocenters. The zero-order valence-electron chi connectivity index (χ0n) is 46.0. The lowest BCUT2D eigenvalue weighted by atomic mass is 9.72. The highest BCUT2D eigenvalue weighted by Gasteiger charge is 2.57. The molecule has 1 aromatic carbocycles. The lowest BCUT2D eigenvalue weighted by Crippen LogP contribution is -2.50. The number of unbranched alkanes of at least 4 members (excludes halogenated alkanes) is 1. The van der Waals surface area contributed by atoms with Gasteiger partial charge in [0.25, 0.3) is 0 Å². The van der Waals surface area contributed by atoms with Gasteiger partial charge in [0.2, 0.25) is 52.7 Å². The van der Waals surface area contributed by atoms with Crippen LogP contribution in [0.4, 0.5) is 5.69 Å². The van der Waals surface area contributed by atoms with Crippen molar-refractivity contribution in [2.45, 2.75) is 107 Å². The zero-order chi connectivity index (χ0) is 59.5. The molecule has 3 aliphatic heterocycles. The fourth-order valence-corrected chi connectivity index (χ4v) is 11.7. The van der Waals surface area contributed by atoms with E-state index in [9.17, 15) is 67.1 Å². The number of Topliss-reactive ketones (excluding diaryl/α,β-unsaturated/α-hetero) is 6. The van der Waals surface area contributed by atoms with E-state index in [1.165, 1.54) is 11.8 Å². The molecule has 4 rings (SSSR count). The minimum Gasteiger partial charge on any atom is -0.379 e. The summed E-state index contributed by atoms with van der Waals surface area (Å²) in [5, 5.41) is 10.1. The van der Waals surface area contributed by atoms with E-state index in [-0.39, 0.29) is 140 Å². The summed E-state index contributed by atoms with van der Waals surface area (Å²) in [4.78, 5) is 176. The summed E-state index contributed by atoms with van der Waals surface area (Å²) in [6, 6.07) is 5.88. The van der Waals surface area contributed by atoms with Crippen LogP contribution in [0.15, 0.2) is 24.3 Å². The van der Waals surface area contributed by atoms with Crippen LogP contribution in [0.2, 0.25) is 0 Å². The summed E-state index contributed by atoms with van der Waals surface area (Å²) in [6.45, 7) is 5.34. The van der Waals surface area contributed by atoms with Crippen molar-refractivity contribution in [2.24, 2.45) is 5.41 Å². The number of ketones is 6. The predicted octanol–water partition coefficient (Wildman–Crippen LogP) is 0.890. The fraction of sp³-hybridized carbons (Fsp3) is 0.623. The van der Waals surface area contributed by atoms with Gasteiger partial charge in [0.15, 0.2) is 38.8 Å². The zero-order valence-corrected chi connectivity index (χ0v) is 48.5. The lowest BCUT2D eigenvalue weighted by molar-refractivity contribution is -0.155. The minimum atomic E-state index is -2.30. The molecule has 3 saturated heterocycles. The third-order valence-electron chi connectivity index (χ3n) is 13.0. The molecule has 1 unspecified atom stereocenters. The fourth-order valence-electron chi connectivity index (χ4n) is 8.40. The Morgan fingerprint density at radius 1 is 0.679 bits per heavy atom. The monoisotopic (exact) mass is 1190 g/mol. The van der Waals surface area contributed by atoms with Gasteiger partial charge in [0.05, 0.1) is 58.1 Å². The molecule has 1 aromatic rings. The van der Waals surface area contributed by atoms with E-state index >= 15 is 0 Å². The standard InChI is InChI=1S/C53H72N6O19S3/c1-34(60)52(35(2)61,36(3)62)42(64)16-22-74-24-26-76-28-29-77-27-25-75-23-19-55-50(72)40(57-44(66)17-30-79-41-31-49(71)59(51(41)73)20-14-43(65)53(37(4)63)80-81-53)7-5-6-18-54-45(67)32-78-33-46(68)56-39-11-8-38(9-12-39)10-13-47(69)58-21-15-48(58)70/h8-9,11-12,40-41H,5-7,10,13-33H2,1-4H3,(H,54,67)(H,55,72)(H,56,68)(H,57,66)/t40-,41?/m1/s1. The third kappa shape index (κ3) is 21.5. The van der Waals surface area contributed by atoms with Crippen LogP contribution in [0.5, 0.6) is 0 Å². The smallest absolute Gasteiger partial charge is 0.250 e. The van der Waals surface area contributed by atoms with Gasteiger partial charge in [-0.3, -0.25) is 76.9 Å². The van der Waals surface area contributed by atoms with E-state index in [2.05, 4.69) is 21.3 Å². The number of rotatable bonds is 43. The molecular weight excluding hydrogens is 1120 g/mol. The van der Waals surface area contributed by atoms with Crippen LogP contribution >= 0.6 is 33.3 Å². The number of anilines is 1.